The van der Waals surface area contributed by atoms with Gasteiger partial charge in [-0.1, -0.05) is 0 Å². The number of hydrogen-bond donors (Lipinski definition) is 0. The van der Waals surface area contributed by atoms with E-state index in [4.69, 9.17) is 4.74 Å². The molecule has 0 amide bonds. The van der Waals surface area contributed by atoms with E-state index in [-0.39, 0.29) is 5.97 Å². The molecule has 0 aliphatic heterocycles. The predicted molar refractivity (Wildman–Crippen MR) is 60.4 cm³/mol. The summed E-state index contributed by atoms with van der Waals surface area (Å²) in [5.41, 5.74) is -0.849. The molecule has 2 aromatic rings. The van der Waals surface area contributed by atoms with Crippen LogP contribution in [0.25, 0.3) is 5.78 Å². The van der Waals surface area contributed by atoms with Crippen LogP contribution >= 0.6 is 0 Å². The molecule has 0 saturated heterocycles. The van der Waals surface area contributed by atoms with Crippen LogP contribution in [0.5, 0.6) is 0 Å². The second-order valence-electron chi connectivity index (χ2n) is 4.16. The summed E-state index contributed by atoms with van der Waals surface area (Å²) in [6.07, 6.45) is 3.41. The van der Waals surface area contributed by atoms with Crippen molar-refractivity contribution < 1.29 is 9.53 Å². The van der Waals surface area contributed by atoms with E-state index < -0.39 is 5.41 Å². The van der Waals surface area contributed by atoms with E-state index in [0.29, 0.717) is 18.2 Å². The molecule has 2 aromatic heterocycles. The number of fused-ring (bicyclic) bond motifs is 1. The molecule has 90 valence electrons. The van der Waals surface area contributed by atoms with Crippen molar-refractivity contribution in [2.24, 2.45) is 0 Å². The lowest BCUT2D eigenvalue weighted by Gasteiger charge is -2.19. The van der Waals surface area contributed by atoms with Gasteiger partial charge in [0.25, 0.3) is 5.78 Å². The molecule has 6 heteroatoms. The van der Waals surface area contributed by atoms with Gasteiger partial charge in [-0.2, -0.15) is 0 Å². The zero-order valence-electron chi connectivity index (χ0n) is 10.0. The SMILES string of the molecule is CCOC(=O)C(C)(C)c1nnc2ncccn12. The zero-order chi connectivity index (χ0) is 12.5. The topological polar surface area (TPSA) is 69.4 Å². The van der Waals surface area contributed by atoms with E-state index in [9.17, 15) is 4.79 Å². The van der Waals surface area contributed by atoms with Gasteiger partial charge in [-0.05, 0) is 26.8 Å². The summed E-state index contributed by atoms with van der Waals surface area (Å²) < 4.78 is 6.73. The lowest BCUT2D eigenvalue weighted by Crippen LogP contribution is -2.33. The highest BCUT2D eigenvalue weighted by Gasteiger charge is 2.36. The Labute approximate surface area is 98.6 Å². The van der Waals surface area contributed by atoms with Crippen LogP contribution in [-0.4, -0.2) is 32.2 Å². The van der Waals surface area contributed by atoms with Crippen molar-refractivity contribution in [2.45, 2.75) is 26.2 Å². The molecule has 0 radical (unpaired) electrons. The molecule has 2 heterocycles. The second-order valence-corrected chi connectivity index (χ2v) is 4.16. The molecule has 0 N–H and O–H groups in total. The molecular weight excluding hydrogens is 220 g/mol. The Bertz CT molecular complexity index is 547. The van der Waals surface area contributed by atoms with Crippen LogP contribution < -0.4 is 0 Å². The Balaban J connectivity index is 2.48. The van der Waals surface area contributed by atoms with Crippen LogP contribution in [0.15, 0.2) is 18.5 Å². The van der Waals surface area contributed by atoms with Gasteiger partial charge in [0.1, 0.15) is 5.41 Å². The van der Waals surface area contributed by atoms with Gasteiger partial charge in [0.15, 0.2) is 5.82 Å². The fourth-order valence-electron chi connectivity index (χ4n) is 1.57. The number of ether oxygens (including phenoxy) is 1. The lowest BCUT2D eigenvalue weighted by atomic mass is 9.92. The van der Waals surface area contributed by atoms with E-state index in [1.165, 1.54) is 0 Å². The first kappa shape index (κ1) is 11.5. The summed E-state index contributed by atoms with van der Waals surface area (Å²) >= 11 is 0. The minimum Gasteiger partial charge on any atom is -0.465 e. The maximum Gasteiger partial charge on any atom is 0.319 e. The Hall–Kier alpha value is -1.98. The van der Waals surface area contributed by atoms with Crippen LogP contribution in [0.3, 0.4) is 0 Å². The highest BCUT2D eigenvalue weighted by molar-refractivity contribution is 5.81. The standard InChI is InChI=1S/C11H14N4O2/c1-4-17-9(16)11(2,3)8-13-14-10-12-6-5-7-15(8)10/h5-7H,4H2,1-3H3. The van der Waals surface area contributed by atoms with Crippen molar-refractivity contribution in [1.82, 2.24) is 19.6 Å². The van der Waals surface area contributed by atoms with Gasteiger partial charge in [0, 0.05) is 12.4 Å². The van der Waals surface area contributed by atoms with Crippen molar-refractivity contribution in [3.63, 3.8) is 0 Å². The first-order chi connectivity index (χ1) is 8.07. The molecule has 6 nitrogen and oxygen atoms in total. The lowest BCUT2D eigenvalue weighted by molar-refractivity contribution is -0.149. The molecule has 0 bridgehead atoms. The van der Waals surface area contributed by atoms with E-state index in [2.05, 4.69) is 15.2 Å². The van der Waals surface area contributed by atoms with E-state index in [1.807, 2.05) is 0 Å². The van der Waals surface area contributed by atoms with Crippen molar-refractivity contribution in [3.8, 4) is 0 Å². The molecule has 0 spiro atoms. The molecule has 0 unspecified atom stereocenters. The number of aromatic nitrogens is 4. The summed E-state index contributed by atoms with van der Waals surface area (Å²) in [6, 6.07) is 1.76. The van der Waals surface area contributed by atoms with Gasteiger partial charge in [-0.15, -0.1) is 10.2 Å². The van der Waals surface area contributed by atoms with E-state index in [1.54, 1.807) is 43.6 Å². The zero-order valence-corrected chi connectivity index (χ0v) is 10.0. The van der Waals surface area contributed by atoms with Gasteiger partial charge >= 0.3 is 5.97 Å². The summed E-state index contributed by atoms with van der Waals surface area (Å²) in [7, 11) is 0. The third kappa shape index (κ3) is 1.86. The first-order valence-corrected chi connectivity index (χ1v) is 5.41. The summed E-state index contributed by atoms with van der Waals surface area (Å²) in [5.74, 6) is 0.678. The number of hydrogen-bond acceptors (Lipinski definition) is 5. The van der Waals surface area contributed by atoms with Gasteiger partial charge in [-0.25, -0.2) is 4.98 Å². The van der Waals surface area contributed by atoms with Gasteiger partial charge in [-0.3, -0.25) is 9.20 Å². The van der Waals surface area contributed by atoms with Crippen molar-refractivity contribution in [2.75, 3.05) is 6.61 Å². The van der Waals surface area contributed by atoms with Crippen molar-refractivity contribution >= 4 is 11.7 Å². The highest BCUT2D eigenvalue weighted by atomic mass is 16.5. The average Bonchev–Trinajstić information content (AvgIpc) is 2.73. The summed E-state index contributed by atoms with van der Waals surface area (Å²) in [5, 5.41) is 7.94. The van der Waals surface area contributed by atoms with Crippen LogP contribution in [0, 0.1) is 0 Å². The number of carbonyl (C=O) groups excluding carboxylic acids is 1. The Morgan fingerprint density at radius 2 is 2.24 bits per heavy atom. The molecule has 0 aliphatic carbocycles. The molecule has 0 saturated carbocycles. The third-order valence-corrected chi connectivity index (χ3v) is 2.53. The highest BCUT2D eigenvalue weighted by Crippen LogP contribution is 2.23. The molecule has 0 fully saturated rings. The third-order valence-electron chi connectivity index (χ3n) is 2.53. The van der Waals surface area contributed by atoms with Crippen molar-refractivity contribution in [3.05, 3.63) is 24.3 Å². The monoisotopic (exact) mass is 234 g/mol. The number of esters is 1. The Morgan fingerprint density at radius 1 is 1.47 bits per heavy atom. The normalized spacial score (nSPS) is 11.7. The number of carbonyl (C=O) groups is 1. The maximum absolute atomic E-state index is 11.9. The van der Waals surface area contributed by atoms with Crippen LogP contribution in [0.4, 0.5) is 0 Å². The van der Waals surface area contributed by atoms with Gasteiger partial charge < -0.3 is 4.74 Å². The largest absolute Gasteiger partial charge is 0.465 e. The number of nitrogens with zero attached hydrogens (tertiary/aromatic N) is 4. The van der Waals surface area contributed by atoms with Gasteiger partial charge in [0.2, 0.25) is 0 Å². The fourth-order valence-corrected chi connectivity index (χ4v) is 1.57. The molecule has 0 atom stereocenters. The Morgan fingerprint density at radius 3 is 2.94 bits per heavy atom. The molecule has 0 aliphatic rings. The molecular formula is C11H14N4O2. The fraction of sp³-hybridized carbons (Fsp3) is 0.455. The maximum atomic E-state index is 11.9. The second kappa shape index (κ2) is 4.12. The summed E-state index contributed by atoms with van der Waals surface area (Å²) in [4.78, 5) is 15.9. The minimum atomic E-state index is -0.849. The first-order valence-electron chi connectivity index (χ1n) is 5.41. The quantitative estimate of drug-likeness (QED) is 0.740. The van der Waals surface area contributed by atoms with E-state index >= 15 is 0 Å². The van der Waals surface area contributed by atoms with Crippen LogP contribution in [0.1, 0.15) is 26.6 Å². The predicted octanol–water partition coefficient (Wildman–Crippen LogP) is 0.965. The summed E-state index contributed by atoms with van der Waals surface area (Å²) in [6.45, 7) is 5.64. The molecule has 17 heavy (non-hydrogen) atoms. The molecule has 2 rings (SSSR count). The average molecular weight is 234 g/mol. The van der Waals surface area contributed by atoms with Crippen LogP contribution in [-0.2, 0) is 14.9 Å². The number of rotatable bonds is 3. The van der Waals surface area contributed by atoms with E-state index in [0.717, 1.165) is 0 Å². The Kier molecular flexibility index (Phi) is 2.79. The van der Waals surface area contributed by atoms with Crippen molar-refractivity contribution in [1.29, 1.82) is 0 Å². The van der Waals surface area contributed by atoms with Crippen LogP contribution in [0.2, 0.25) is 0 Å². The minimum absolute atomic E-state index is 0.321. The van der Waals surface area contributed by atoms with Gasteiger partial charge in [0.05, 0.1) is 6.61 Å². The molecule has 0 aromatic carbocycles. The smallest absolute Gasteiger partial charge is 0.319 e.